The molecule has 27 heavy (non-hydrogen) atoms. The van der Waals surface area contributed by atoms with E-state index in [1.165, 1.54) is 17.0 Å². The number of ether oxygens (including phenoxy) is 1. The van der Waals surface area contributed by atoms with Gasteiger partial charge in [0, 0.05) is 18.5 Å². The molecular weight excluding hydrogens is 418 g/mol. The highest BCUT2D eigenvalue weighted by atomic mass is 79.9. The van der Waals surface area contributed by atoms with Crippen LogP contribution in [0.3, 0.4) is 0 Å². The molecule has 0 saturated heterocycles. The maximum atomic E-state index is 14.3. The highest BCUT2D eigenvalue weighted by Gasteiger charge is 2.28. The van der Waals surface area contributed by atoms with Gasteiger partial charge in [0.2, 0.25) is 0 Å². The van der Waals surface area contributed by atoms with Crippen LogP contribution in [0.1, 0.15) is 17.5 Å². The van der Waals surface area contributed by atoms with Gasteiger partial charge in [-0.3, -0.25) is 4.90 Å². The molecule has 0 radical (unpaired) electrons. The summed E-state index contributed by atoms with van der Waals surface area (Å²) < 4.78 is 33.9. The number of hydrogen-bond donors (Lipinski definition) is 1. The van der Waals surface area contributed by atoms with E-state index in [9.17, 15) is 13.6 Å². The molecule has 0 atom stereocenters. The van der Waals surface area contributed by atoms with E-state index in [1.54, 1.807) is 12.1 Å². The molecule has 1 amide bonds. The normalized spacial score (nSPS) is 16.0. The van der Waals surface area contributed by atoms with Gasteiger partial charge in [0.1, 0.15) is 18.3 Å². The predicted molar refractivity (Wildman–Crippen MR) is 102 cm³/mol. The molecule has 1 aliphatic heterocycles. The molecule has 140 valence electrons. The molecule has 0 aromatic heterocycles. The maximum absolute atomic E-state index is 14.3. The van der Waals surface area contributed by atoms with Crippen LogP contribution in [0.4, 0.5) is 13.6 Å². The van der Waals surface area contributed by atoms with Crippen LogP contribution >= 0.6 is 15.9 Å². The predicted octanol–water partition coefficient (Wildman–Crippen LogP) is 5.11. The van der Waals surface area contributed by atoms with Crippen molar-refractivity contribution in [1.29, 1.82) is 0 Å². The molecule has 3 rings (SSSR count). The quantitative estimate of drug-likeness (QED) is 0.729. The first-order valence-corrected chi connectivity index (χ1v) is 9.05. The van der Waals surface area contributed by atoms with Crippen molar-refractivity contribution in [1.82, 2.24) is 4.90 Å². The first kappa shape index (κ1) is 19.1. The molecule has 0 bridgehead atoms. The lowest BCUT2D eigenvalue weighted by atomic mass is 10.1. The first-order valence-electron chi connectivity index (χ1n) is 8.26. The van der Waals surface area contributed by atoms with E-state index in [2.05, 4.69) is 15.9 Å². The molecule has 0 spiro atoms. The fourth-order valence-corrected chi connectivity index (χ4v) is 3.05. The Morgan fingerprint density at radius 2 is 1.93 bits per heavy atom. The lowest BCUT2D eigenvalue weighted by Crippen LogP contribution is -2.37. The molecule has 7 heteroatoms. The zero-order valence-corrected chi connectivity index (χ0v) is 15.9. The van der Waals surface area contributed by atoms with Crippen molar-refractivity contribution < 1.29 is 18.3 Å². The summed E-state index contributed by atoms with van der Waals surface area (Å²) in [6.07, 6.45) is 0.652. The minimum atomic E-state index is -0.670. The van der Waals surface area contributed by atoms with E-state index in [-0.39, 0.29) is 41.0 Å². The van der Waals surface area contributed by atoms with E-state index in [1.807, 2.05) is 30.3 Å². The minimum absolute atomic E-state index is 0.0232. The Morgan fingerprint density at radius 3 is 2.67 bits per heavy atom. The molecule has 0 fully saturated rings. The third-order valence-electron chi connectivity index (χ3n) is 4.11. The van der Waals surface area contributed by atoms with Crippen LogP contribution in [0, 0.1) is 5.82 Å². The van der Waals surface area contributed by atoms with Gasteiger partial charge < -0.3 is 10.5 Å². The fourth-order valence-electron chi connectivity index (χ4n) is 2.67. The average molecular weight is 435 g/mol. The number of nitrogens with two attached hydrogens (primary N) is 1. The Balaban J connectivity index is 1.87. The van der Waals surface area contributed by atoms with Gasteiger partial charge >= 0.3 is 6.09 Å². The Bertz CT molecular complexity index is 913. The van der Waals surface area contributed by atoms with Gasteiger partial charge in [-0.2, -0.15) is 0 Å². The molecule has 1 heterocycles. The minimum Gasteiger partial charge on any atom is -0.444 e. The van der Waals surface area contributed by atoms with Crippen molar-refractivity contribution in [2.75, 3.05) is 6.54 Å². The number of carbonyl (C=O) groups is 1. The standard InChI is InChI=1S/C20H17BrF2N2O2/c21-15-8-4-7-14(18(15)23)11-17-19(24)16(22)9-10-25(17)20(26)27-12-13-5-2-1-3-6-13/h1-8,11H,9-10,12,24H2/b17-11+. The summed E-state index contributed by atoms with van der Waals surface area (Å²) in [6.45, 7) is 0.127. The van der Waals surface area contributed by atoms with E-state index in [0.29, 0.717) is 0 Å². The molecule has 0 saturated carbocycles. The number of hydrogen-bond acceptors (Lipinski definition) is 3. The number of halogens is 3. The third kappa shape index (κ3) is 4.36. The van der Waals surface area contributed by atoms with Crippen LogP contribution in [0.25, 0.3) is 6.08 Å². The van der Waals surface area contributed by atoms with Crippen molar-refractivity contribution in [2.45, 2.75) is 13.0 Å². The lowest BCUT2D eigenvalue weighted by Gasteiger charge is -2.29. The molecule has 1 aliphatic rings. The summed E-state index contributed by atoms with van der Waals surface area (Å²) >= 11 is 3.11. The van der Waals surface area contributed by atoms with Crippen molar-refractivity contribution in [3.8, 4) is 0 Å². The Kier molecular flexibility index (Phi) is 5.91. The van der Waals surface area contributed by atoms with Gasteiger partial charge in [-0.15, -0.1) is 0 Å². The fraction of sp³-hybridized carbons (Fsp3) is 0.150. The van der Waals surface area contributed by atoms with Gasteiger partial charge in [-0.1, -0.05) is 42.5 Å². The highest BCUT2D eigenvalue weighted by Crippen LogP contribution is 2.29. The zero-order valence-electron chi connectivity index (χ0n) is 14.3. The Morgan fingerprint density at radius 1 is 1.19 bits per heavy atom. The van der Waals surface area contributed by atoms with E-state index in [0.717, 1.165) is 5.56 Å². The number of benzene rings is 2. The van der Waals surface area contributed by atoms with Crippen molar-refractivity contribution in [2.24, 2.45) is 5.73 Å². The van der Waals surface area contributed by atoms with E-state index < -0.39 is 17.7 Å². The molecule has 2 aromatic rings. The Labute approximate surface area is 164 Å². The van der Waals surface area contributed by atoms with E-state index in [4.69, 9.17) is 10.5 Å². The number of amides is 1. The number of rotatable bonds is 3. The summed E-state index contributed by atoms with van der Waals surface area (Å²) in [6, 6.07) is 13.9. The third-order valence-corrected chi connectivity index (χ3v) is 4.73. The SMILES string of the molecule is NC1=C(F)CCN(C(=O)OCc2ccccc2)/C1=C/c1cccc(Br)c1F. The van der Waals surface area contributed by atoms with Gasteiger partial charge in [0.05, 0.1) is 15.9 Å². The molecule has 2 aromatic carbocycles. The van der Waals surface area contributed by atoms with Crippen LogP contribution < -0.4 is 5.73 Å². The average Bonchev–Trinajstić information content (AvgIpc) is 2.68. The van der Waals surface area contributed by atoms with Gasteiger partial charge in [-0.05, 0) is 33.6 Å². The van der Waals surface area contributed by atoms with Crippen LogP contribution in [0.2, 0.25) is 0 Å². The lowest BCUT2D eigenvalue weighted by molar-refractivity contribution is 0.106. The second kappa shape index (κ2) is 8.35. The van der Waals surface area contributed by atoms with Crippen LogP contribution in [0.15, 0.2) is 70.2 Å². The summed E-state index contributed by atoms with van der Waals surface area (Å²) in [5.41, 5.74) is 6.73. The molecule has 2 N–H and O–H groups in total. The van der Waals surface area contributed by atoms with Crippen LogP contribution in [-0.2, 0) is 11.3 Å². The summed E-state index contributed by atoms with van der Waals surface area (Å²) in [5, 5.41) is 0. The van der Waals surface area contributed by atoms with Gasteiger partial charge in [0.25, 0.3) is 0 Å². The zero-order chi connectivity index (χ0) is 19.4. The number of carbonyl (C=O) groups excluding carboxylic acids is 1. The molecule has 4 nitrogen and oxygen atoms in total. The highest BCUT2D eigenvalue weighted by molar-refractivity contribution is 9.10. The first-order chi connectivity index (χ1) is 13.0. The molecule has 0 aliphatic carbocycles. The van der Waals surface area contributed by atoms with E-state index >= 15 is 0 Å². The topological polar surface area (TPSA) is 55.6 Å². The monoisotopic (exact) mass is 434 g/mol. The molecular formula is C20H17BrF2N2O2. The maximum Gasteiger partial charge on any atom is 0.414 e. The number of nitrogens with zero attached hydrogens (tertiary/aromatic N) is 1. The summed E-state index contributed by atoms with van der Waals surface area (Å²) in [7, 11) is 0. The van der Waals surface area contributed by atoms with Crippen molar-refractivity contribution >= 4 is 28.1 Å². The largest absolute Gasteiger partial charge is 0.444 e. The summed E-state index contributed by atoms with van der Waals surface area (Å²) in [4.78, 5) is 13.8. The van der Waals surface area contributed by atoms with Crippen LogP contribution in [-0.4, -0.2) is 17.5 Å². The second-order valence-corrected chi connectivity index (χ2v) is 6.79. The molecule has 0 unspecified atom stereocenters. The van der Waals surface area contributed by atoms with Gasteiger partial charge in [-0.25, -0.2) is 13.6 Å². The van der Waals surface area contributed by atoms with Crippen LogP contribution in [0.5, 0.6) is 0 Å². The van der Waals surface area contributed by atoms with Crippen molar-refractivity contribution in [3.05, 3.63) is 87.2 Å². The smallest absolute Gasteiger partial charge is 0.414 e. The van der Waals surface area contributed by atoms with Crippen molar-refractivity contribution in [3.63, 3.8) is 0 Å². The second-order valence-electron chi connectivity index (χ2n) is 5.93. The van der Waals surface area contributed by atoms with Gasteiger partial charge in [0.15, 0.2) is 0 Å². The summed E-state index contributed by atoms with van der Waals surface area (Å²) in [5.74, 6) is -1.06. The Hall–Kier alpha value is -2.67.